The second kappa shape index (κ2) is 36.0. The molecule has 5 N–H and O–H groups in total. The fourth-order valence-corrected chi connectivity index (χ4v) is 7.01. The molecular weight excluding hydrogens is 1190 g/mol. The van der Waals surface area contributed by atoms with Gasteiger partial charge in [-0.2, -0.15) is 4.98 Å². The molecule has 0 aliphatic rings. The predicted molar refractivity (Wildman–Crippen MR) is 307 cm³/mol. The van der Waals surface area contributed by atoms with E-state index in [1.54, 1.807) is 128 Å². The van der Waals surface area contributed by atoms with Crippen LogP contribution >= 0.6 is 15.9 Å². The molecule has 0 fully saturated rings. The van der Waals surface area contributed by atoms with Gasteiger partial charge in [0.05, 0.1) is 42.8 Å². The van der Waals surface area contributed by atoms with E-state index in [0.29, 0.717) is 35.3 Å². The molecule has 27 heteroatoms. The van der Waals surface area contributed by atoms with Crippen molar-refractivity contribution in [3.05, 3.63) is 147 Å². The number of nitrogens with two attached hydrogens (primary N) is 2. The molecule has 0 atom stereocenters. The molecule has 0 spiro atoms. The van der Waals surface area contributed by atoms with Crippen molar-refractivity contribution in [3.8, 4) is 5.88 Å². The summed E-state index contributed by atoms with van der Waals surface area (Å²) in [5.74, 6) is -0.777. The number of hydrogen-bond acceptors (Lipinski definition) is 18. The predicted octanol–water partition coefficient (Wildman–Crippen LogP) is 11.6. The number of carbonyl (C=O) groups excluding carboxylic acids is 4. The average Bonchev–Trinajstić information content (AvgIpc) is 3.36. The van der Waals surface area contributed by atoms with Crippen LogP contribution in [0.5, 0.6) is 5.88 Å². The van der Waals surface area contributed by atoms with Gasteiger partial charge in [0.25, 0.3) is 0 Å². The molecule has 0 aliphatic heterocycles. The molecule has 2 aromatic carbocycles. The molecule has 438 valence electrons. The van der Waals surface area contributed by atoms with Crippen LogP contribution < -0.4 is 35.8 Å². The van der Waals surface area contributed by atoms with Gasteiger partial charge in [0.2, 0.25) is 17.5 Å². The molecule has 0 saturated heterocycles. The van der Waals surface area contributed by atoms with Crippen molar-refractivity contribution < 1.29 is 94.9 Å². The molecule has 0 bridgehead atoms. The van der Waals surface area contributed by atoms with Gasteiger partial charge in [-0.15, -0.1) is 26.3 Å². The molecule has 2 heterocycles. The summed E-state index contributed by atoms with van der Waals surface area (Å²) < 4.78 is 27.1. The first kappa shape index (κ1) is 73.6. The van der Waals surface area contributed by atoms with Crippen LogP contribution in [0.15, 0.2) is 116 Å². The standard InChI is InChI=1S/C27H35N5O7.C23H28BrN5O6.C4H8O.2V/c1-7-10-15-38-22-17-21(23(32(35)36)24(28)29-22)31(25(33)37-9-3)18-19-12-11-13-20(16-19)30(14-8-2)26(34)39-27(4,5)6;1-6-11-27(22(31)35-23(3,4)5)16-10-8-9-15(12-16)14-28(21(30)34-7-2)17-13-18(24)26-20(25)19(17)29(32)33;1-2-3-4-5;;/h7-8,11-13,16-17H,1-2,9-10,14-15,18H2,3-6H3,(H2,28,29);6,8-10,12-13H,1,7,11,14H2,2-5H3,(H2,25,26);2,5H,1,3-4H2;;. The first-order valence-electron chi connectivity index (χ1n) is 24.5. The number of rotatable bonds is 22. The SMILES string of the molecule is C=CCCO.C=CCCOc1cc(N(Cc2cccc(N(CC=C)C(=O)OC(C)(C)C)c2)C(=O)OCC)c([N+](=O)[O-])c(N)n1.C=CCN(C(=O)OC(C)(C)C)c1cccc(CN(C(=O)OCC)c2cc(Br)nc(N)c2[N+](=O)[O-])c1.[V].[V]. The zero-order valence-corrected chi connectivity index (χ0v) is 51.1. The Morgan fingerprint density at radius 3 is 1.40 bits per heavy atom. The van der Waals surface area contributed by atoms with E-state index in [1.807, 2.05) is 0 Å². The van der Waals surface area contributed by atoms with Crippen LogP contribution in [-0.4, -0.2) is 100 Å². The summed E-state index contributed by atoms with van der Waals surface area (Å²) in [6.07, 6.45) is 4.83. The summed E-state index contributed by atoms with van der Waals surface area (Å²) >= 11 is 3.17. The number of nitro groups is 2. The molecule has 0 saturated carbocycles. The molecule has 81 heavy (non-hydrogen) atoms. The number of aliphatic hydroxyl groups excluding tert-OH is 1. The number of pyridine rings is 2. The van der Waals surface area contributed by atoms with Gasteiger partial charge in [-0.3, -0.25) is 39.8 Å². The van der Waals surface area contributed by atoms with E-state index in [0.717, 1.165) is 9.80 Å². The monoisotopic (exact) mass is 1260 g/mol. The van der Waals surface area contributed by atoms with Crippen molar-refractivity contribution in [1.82, 2.24) is 9.97 Å². The Kier molecular flexibility index (Phi) is 32.7. The molecular formula is C54H71BrN10O14V2. The number of halogens is 1. The summed E-state index contributed by atoms with van der Waals surface area (Å²) in [5, 5.41) is 31.7. The summed E-state index contributed by atoms with van der Waals surface area (Å²) in [5.41, 5.74) is 11.0. The van der Waals surface area contributed by atoms with Crippen LogP contribution in [-0.2, 0) is 69.1 Å². The summed E-state index contributed by atoms with van der Waals surface area (Å²) in [6.45, 7) is 28.8. The van der Waals surface area contributed by atoms with Gasteiger partial charge < -0.3 is 40.3 Å². The van der Waals surface area contributed by atoms with Crippen LogP contribution in [0.3, 0.4) is 0 Å². The fourth-order valence-electron chi connectivity index (χ4n) is 6.60. The Morgan fingerprint density at radius 2 is 1.05 bits per heavy atom. The fraction of sp³-hybridized carbons (Fsp3) is 0.370. The van der Waals surface area contributed by atoms with Gasteiger partial charge >= 0.3 is 35.7 Å². The topological polar surface area (TPSA) is 312 Å². The first-order chi connectivity index (χ1) is 37.2. The maximum Gasteiger partial charge on any atom is 0.415 e. The third-order valence-corrected chi connectivity index (χ3v) is 10.2. The second-order valence-electron chi connectivity index (χ2n) is 18.3. The third kappa shape index (κ3) is 24.5. The van der Waals surface area contributed by atoms with Gasteiger partial charge in [-0.05, 0) is 120 Å². The Labute approximate surface area is 504 Å². The Bertz CT molecular complexity index is 2800. The van der Waals surface area contributed by atoms with Gasteiger partial charge in [0.15, 0.2) is 0 Å². The quantitative estimate of drug-likeness (QED) is 0.0164. The van der Waals surface area contributed by atoms with Crippen LogP contribution in [0.1, 0.15) is 79.4 Å². The zero-order valence-electron chi connectivity index (χ0n) is 46.7. The summed E-state index contributed by atoms with van der Waals surface area (Å²) in [7, 11) is 0. The maximum absolute atomic E-state index is 13.1. The molecule has 2 aromatic heterocycles. The van der Waals surface area contributed by atoms with E-state index in [-0.39, 0.29) is 117 Å². The number of aliphatic hydroxyl groups is 1. The Balaban J connectivity index is 0.00000143. The van der Waals surface area contributed by atoms with Crippen LogP contribution in [0, 0.1) is 20.2 Å². The average molecular weight is 1270 g/mol. The van der Waals surface area contributed by atoms with Crippen molar-refractivity contribution in [1.29, 1.82) is 0 Å². The number of benzene rings is 2. The minimum absolute atomic E-state index is 0. The van der Waals surface area contributed by atoms with E-state index >= 15 is 0 Å². The Morgan fingerprint density at radius 1 is 0.642 bits per heavy atom. The molecule has 2 radical (unpaired) electrons. The molecule has 0 aliphatic carbocycles. The number of ether oxygens (including phenoxy) is 5. The molecule has 4 rings (SSSR count). The number of hydrogen-bond donors (Lipinski definition) is 3. The van der Waals surface area contributed by atoms with Crippen molar-refractivity contribution in [2.45, 2.75) is 92.5 Å². The normalized spacial score (nSPS) is 10.3. The smallest absolute Gasteiger partial charge is 0.415 e. The van der Waals surface area contributed by atoms with Gasteiger partial charge in [0, 0.05) is 80.3 Å². The summed E-state index contributed by atoms with van der Waals surface area (Å²) in [6, 6.07) is 16.1. The number of aromatic nitrogens is 2. The molecule has 4 amide bonds. The van der Waals surface area contributed by atoms with E-state index in [1.165, 1.54) is 21.9 Å². The van der Waals surface area contributed by atoms with Gasteiger partial charge in [-0.25, -0.2) is 24.2 Å². The van der Waals surface area contributed by atoms with Crippen molar-refractivity contribution >= 4 is 86.1 Å². The van der Waals surface area contributed by atoms with E-state index in [9.17, 15) is 39.4 Å². The van der Waals surface area contributed by atoms with Gasteiger partial charge in [-0.1, -0.05) is 48.6 Å². The number of anilines is 6. The van der Waals surface area contributed by atoms with E-state index in [4.69, 9.17) is 40.3 Å². The number of nitrogens with zero attached hydrogens (tertiary/aromatic N) is 8. The largest absolute Gasteiger partial charge is 0.477 e. The molecule has 0 unspecified atom stereocenters. The van der Waals surface area contributed by atoms with Crippen LogP contribution in [0.2, 0.25) is 0 Å². The second-order valence-corrected chi connectivity index (χ2v) is 19.1. The molecule has 4 aromatic rings. The number of amides is 4. The van der Waals surface area contributed by atoms with E-state index in [2.05, 4.69) is 52.2 Å². The summed E-state index contributed by atoms with van der Waals surface area (Å²) in [4.78, 5) is 86.5. The zero-order chi connectivity index (χ0) is 59.6. The van der Waals surface area contributed by atoms with Crippen molar-refractivity contribution in [2.75, 3.05) is 70.6 Å². The molecule has 24 nitrogen and oxygen atoms in total. The minimum atomic E-state index is -0.844. The van der Waals surface area contributed by atoms with Crippen molar-refractivity contribution in [2.24, 2.45) is 0 Å². The maximum atomic E-state index is 13.1. The number of nitrogen functional groups attached to an aromatic ring is 2. The van der Waals surface area contributed by atoms with E-state index < -0.39 is 62.6 Å². The van der Waals surface area contributed by atoms with Gasteiger partial charge in [0.1, 0.15) is 27.2 Å². The first-order valence-corrected chi connectivity index (χ1v) is 25.3. The Hall–Kier alpha value is -7.41. The van der Waals surface area contributed by atoms with Crippen LogP contribution in [0.25, 0.3) is 0 Å². The van der Waals surface area contributed by atoms with Crippen LogP contribution in [0.4, 0.5) is 64.9 Å². The minimum Gasteiger partial charge on any atom is -0.477 e. The number of carbonyl (C=O) groups is 4. The third-order valence-electron chi connectivity index (χ3n) is 9.75. The van der Waals surface area contributed by atoms with Crippen molar-refractivity contribution in [3.63, 3.8) is 0 Å².